The zero-order valence-corrected chi connectivity index (χ0v) is 10.7. The molecule has 3 saturated heterocycles. The summed E-state index contributed by atoms with van der Waals surface area (Å²) in [6.07, 6.45) is 5.20. The minimum absolute atomic E-state index is 0.0283. The zero-order valence-electron chi connectivity index (χ0n) is 10.7. The molecule has 0 saturated carbocycles. The van der Waals surface area contributed by atoms with Crippen molar-refractivity contribution < 1.29 is 19.1 Å². The van der Waals surface area contributed by atoms with Crippen molar-refractivity contribution in [1.82, 2.24) is 10.2 Å². The van der Waals surface area contributed by atoms with E-state index in [1.807, 2.05) is 12.2 Å². The van der Waals surface area contributed by atoms with Gasteiger partial charge in [0.15, 0.2) is 0 Å². The fraction of sp³-hybridized carbons (Fsp3) is 0.500. The number of carbonyl (C=O) groups is 3. The number of fused-ring (bicyclic) bond motifs is 2. The Kier molecular flexibility index (Phi) is 2.38. The van der Waals surface area contributed by atoms with Gasteiger partial charge in [-0.1, -0.05) is 0 Å². The summed E-state index contributed by atoms with van der Waals surface area (Å²) in [7, 11) is 0. The van der Waals surface area contributed by atoms with E-state index in [9.17, 15) is 14.4 Å². The topological polar surface area (TPSA) is 79.0 Å². The van der Waals surface area contributed by atoms with E-state index in [0.717, 1.165) is 11.9 Å². The summed E-state index contributed by atoms with van der Waals surface area (Å²) < 4.78 is 5.35. The molecular formula is C14H14N2O4. The average Bonchev–Trinajstić information content (AvgIpc) is 3.15. The van der Waals surface area contributed by atoms with Crippen molar-refractivity contribution in [2.24, 2.45) is 5.92 Å². The summed E-state index contributed by atoms with van der Waals surface area (Å²) in [4.78, 5) is 36.9. The number of rotatable bonds is 2. The average molecular weight is 274 g/mol. The Bertz CT molecular complexity index is 580. The molecule has 3 heterocycles. The summed E-state index contributed by atoms with van der Waals surface area (Å²) >= 11 is 0. The van der Waals surface area contributed by atoms with Gasteiger partial charge in [-0.05, 0) is 24.1 Å². The van der Waals surface area contributed by atoms with Crippen molar-refractivity contribution in [3.8, 4) is 0 Å². The van der Waals surface area contributed by atoms with E-state index >= 15 is 0 Å². The van der Waals surface area contributed by atoms with E-state index in [4.69, 9.17) is 4.74 Å². The van der Waals surface area contributed by atoms with Gasteiger partial charge in [0, 0.05) is 24.6 Å². The second kappa shape index (κ2) is 4.02. The van der Waals surface area contributed by atoms with Gasteiger partial charge in [0.2, 0.25) is 5.91 Å². The SMILES string of the molecule is O=CC1CNC(=O)C(N2CC3=CC4OC4C=C3C2=O)C1. The predicted molar refractivity (Wildman–Crippen MR) is 67.5 cm³/mol. The second-order valence-corrected chi connectivity index (χ2v) is 5.66. The molecule has 2 amide bonds. The monoisotopic (exact) mass is 274 g/mol. The number of hydrogen-bond acceptors (Lipinski definition) is 4. The third-order valence-electron chi connectivity index (χ3n) is 4.37. The number of nitrogens with zero attached hydrogens (tertiary/aromatic N) is 1. The number of likely N-dealkylation sites (tertiary alicyclic amines) is 1. The van der Waals surface area contributed by atoms with Gasteiger partial charge < -0.3 is 19.7 Å². The molecule has 4 unspecified atom stereocenters. The standard InChI is InChI=1S/C14H14N2O4/c17-6-7-1-10(13(18)15-4-7)16-5-8-2-11-12(20-11)3-9(8)14(16)19/h2-3,6-7,10-12H,1,4-5H2,(H,15,18). The smallest absolute Gasteiger partial charge is 0.254 e. The molecule has 6 nitrogen and oxygen atoms in total. The first-order valence-electron chi connectivity index (χ1n) is 6.79. The minimum Gasteiger partial charge on any atom is -0.361 e. The first-order valence-corrected chi connectivity index (χ1v) is 6.79. The van der Waals surface area contributed by atoms with Crippen LogP contribution in [0.25, 0.3) is 0 Å². The third kappa shape index (κ3) is 1.64. The normalized spacial score (nSPS) is 38.5. The lowest BCUT2D eigenvalue weighted by atomic mass is 9.95. The molecular weight excluding hydrogens is 260 g/mol. The Morgan fingerprint density at radius 3 is 2.90 bits per heavy atom. The molecule has 3 fully saturated rings. The highest BCUT2D eigenvalue weighted by molar-refractivity contribution is 6.04. The quantitative estimate of drug-likeness (QED) is 0.526. The van der Waals surface area contributed by atoms with E-state index in [0.29, 0.717) is 25.1 Å². The Morgan fingerprint density at radius 1 is 1.30 bits per heavy atom. The van der Waals surface area contributed by atoms with Gasteiger partial charge in [-0.15, -0.1) is 0 Å². The maximum absolute atomic E-state index is 12.4. The van der Waals surface area contributed by atoms with E-state index in [-0.39, 0.29) is 29.9 Å². The van der Waals surface area contributed by atoms with Gasteiger partial charge in [0.05, 0.1) is 0 Å². The number of amides is 2. The first kappa shape index (κ1) is 11.8. The van der Waals surface area contributed by atoms with Crippen LogP contribution in [-0.2, 0) is 19.1 Å². The number of piperidine rings is 1. The van der Waals surface area contributed by atoms with Crippen molar-refractivity contribution in [3.63, 3.8) is 0 Å². The number of ether oxygens (including phenoxy) is 1. The molecule has 4 atom stereocenters. The molecule has 0 aromatic heterocycles. The summed E-state index contributed by atoms with van der Waals surface area (Å²) in [6, 6.07) is -0.545. The van der Waals surface area contributed by atoms with Crippen molar-refractivity contribution in [2.75, 3.05) is 13.1 Å². The highest BCUT2D eigenvalue weighted by Gasteiger charge is 2.47. The molecule has 104 valence electrons. The molecule has 0 spiro atoms. The van der Waals surface area contributed by atoms with Crippen LogP contribution in [0, 0.1) is 5.92 Å². The van der Waals surface area contributed by atoms with Crippen LogP contribution in [0.5, 0.6) is 0 Å². The van der Waals surface area contributed by atoms with Crippen molar-refractivity contribution in [2.45, 2.75) is 24.7 Å². The highest BCUT2D eigenvalue weighted by atomic mass is 16.6. The van der Waals surface area contributed by atoms with Crippen LogP contribution < -0.4 is 5.32 Å². The molecule has 0 bridgehead atoms. The van der Waals surface area contributed by atoms with Crippen LogP contribution in [0.2, 0.25) is 0 Å². The fourth-order valence-corrected chi connectivity index (χ4v) is 3.17. The molecule has 20 heavy (non-hydrogen) atoms. The highest BCUT2D eigenvalue weighted by Crippen LogP contribution is 2.38. The van der Waals surface area contributed by atoms with Gasteiger partial charge in [-0.2, -0.15) is 0 Å². The van der Waals surface area contributed by atoms with Crippen LogP contribution in [0.15, 0.2) is 23.3 Å². The Balaban J connectivity index is 1.60. The van der Waals surface area contributed by atoms with Crippen LogP contribution >= 0.6 is 0 Å². The molecule has 3 aliphatic heterocycles. The molecule has 0 aromatic rings. The van der Waals surface area contributed by atoms with Gasteiger partial charge >= 0.3 is 0 Å². The zero-order chi connectivity index (χ0) is 13.9. The van der Waals surface area contributed by atoms with E-state index in [2.05, 4.69) is 5.32 Å². The summed E-state index contributed by atoms with van der Waals surface area (Å²) in [5.74, 6) is -0.512. The minimum atomic E-state index is -0.545. The van der Waals surface area contributed by atoms with E-state index in [1.54, 1.807) is 4.90 Å². The fourth-order valence-electron chi connectivity index (χ4n) is 3.17. The van der Waals surface area contributed by atoms with Crippen LogP contribution in [0.3, 0.4) is 0 Å². The number of nitrogens with one attached hydrogen (secondary N) is 1. The first-order chi connectivity index (χ1) is 9.67. The van der Waals surface area contributed by atoms with Crippen LogP contribution in [0.1, 0.15) is 6.42 Å². The number of aldehydes is 1. The Hall–Kier alpha value is -1.95. The van der Waals surface area contributed by atoms with Gasteiger partial charge in [0.25, 0.3) is 5.91 Å². The van der Waals surface area contributed by atoms with Crippen molar-refractivity contribution in [1.29, 1.82) is 0 Å². The van der Waals surface area contributed by atoms with Gasteiger partial charge in [-0.25, -0.2) is 0 Å². The summed E-state index contributed by atoms with van der Waals surface area (Å²) in [5, 5.41) is 2.70. The summed E-state index contributed by atoms with van der Waals surface area (Å²) in [6.45, 7) is 0.797. The van der Waals surface area contributed by atoms with Crippen molar-refractivity contribution >= 4 is 18.1 Å². The Morgan fingerprint density at radius 2 is 2.10 bits per heavy atom. The lowest BCUT2D eigenvalue weighted by molar-refractivity contribution is -0.138. The van der Waals surface area contributed by atoms with Crippen molar-refractivity contribution in [3.05, 3.63) is 23.3 Å². The molecule has 1 N–H and O–H groups in total. The molecule has 6 heteroatoms. The molecule has 0 radical (unpaired) electrons. The van der Waals surface area contributed by atoms with Crippen LogP contribution in [-0.4, -0.2) is 54.3 Å². The van der Waals surface area contributed by atoms with Gasteiger partial charge in [0.1, 0.15) is 24.5 Å². The summed E-state index contributed by atoms with van der Waals surface area (Å²) in [5.41, 5.74) is 1.60. The maximum Gasteiger partial charge on any atom is 0.254 e. The maximum atomic E-state index is 12.4. The molecule has 1 aliphatic carbocycles. The second-order valence-electron chi connectivity index (χ2n) is 5.66. The van der Waals surface area contributed by atoms with E-state index in [1.165, 1.54) is 0 Å². The molecule has 4 aliphatic rings. The number of epoxide rings is 1. The van der Waals surface area contributed by atoms with E-state index < -0.39 is 6.04 Å². The molecule has 0 aromatic carbocycles. The number of carbonyl (C=O) groups excluding carboxylic acids is 3. The lowest BCUT2D eigenvalue weighted by Crippen LogP contribution is -2.54. The predicted octanol–water partition coefficient (Wildman–Crippen LogP) is -0.834. The largest absolute Gasteiger partial charge is 0.361 e. The lowest BCUT2D eigenvalue weighted by Gasteiger charge is -2.32. The molecule has 4 rings (SSSR count). The number of hydrogen-bond donors (Lipinski definition) is 1. The van der Waals surface area contributed by atoms with Gasteiger partial charge in [-0.3, -0.25) is 9.59 Å². The van der Waals surface area contributed by atoms with Crippen LogP contribution in [0.4, 0.5) is 0 Å². The third-order valence-corrected chi connectivity index (χ3v) is 4.37. The Labute approximate surface area is 115 Å².